The largest absolute Gasteiger partial charge is 0.221 e. The molecule has 0 aliphatic rings. The Morgan fingerprint density at radius 1 is 1.11 bits per heavy atom. The minimum atomic E-state index is 0.551. The fourth-order valence-electron chi connectivity index (χ4n) is 1.77. The lowest BCUT2D eigenvalue weighted by molar-refractivity contribution is 0.962. The van der Waals surface area contributed by atoms with Crippen molar-refractivity contribution in [2.24, 2.45) is 0 Å². The van der Waals surface area contributed by atoms with Crippen LogP contribution in [0.4, 0.5) is 0 Å². The van der Waals surface area contributed by atoms with Crippen LogP contribution >= 0.6 is 23.2 Å². The SMILES string of the molecule is Cc1ccn2nc(-c3ccc(Cl)cc3Cl)nc2c1. The lowest BCUT2D eigenvalue weighted by Crippen LogP contribution is -1.87. The molecular formula is C13H9Cl2N3. The van der Waals surface area contributed by atoms with Crippen LogP contribution in [0.1, 0.15) is 5.56 Å². The summed E-state index contributed by atoms with van der Waals surface area (Å²) in [7, 11) is 0. The zero-order valence-electron chi connectivity index (χ0n) is 9.56. The van der Waals surface area contributed by atoms with E-state index in [0.29, 0.717) is 15.9 Å². The Labute approximate surface area is 114 Å². The Kier molecular flexibility index (Phi) is 2.73. The Morgan fingerprint density at radius 3 is 2.72 bits per heavy atom. The van der Waals surface area contributed by atoms with Crippen molar-refractivity contribution < 1.29 is 0 Å². The van der Waals surface area contributed by atoms with Gasteiger partial charge in [-0.05, 0) is 42.8 Å². The van der Waals surface area contributed by atoms with Gasteiger partial charge in [-0.3, -0.25) is 0 Å². The highest BCUT2D eigenvalue weighted by Gasteiger charge is 2.10. The van der Waals surface area contributed by atoms with Crippen LogP contribution in [0.15, 0.2) is 36.5 Å². The second-order valence-electron chi connectivity index (χ2n) is 4.07. The zero-order valence-corrected chi connectivity index (χ0v) is 11.1. The van der Waals surface area contributed by atoms with Gasteiger partial charge < -0.3 is 0 Å². The highest BCUT2D eigenvalue weighted by atomic mass is 35.5. The van der Waals surface area contributed by atoms with Gasteiger partial charge in [0.2, 0.25) is 0 Å². The maximum Gasteiger partial charge on any atom is 0.183 e. The molecule has 90 valence electrons. The summed E-state index contributed by atoms with van der Waals surface area (Å²) in [5, 5.41) is 5.54. The Bertz CT molecular complexity index is 734. The van der Waals surface area contributed by atoms with Crippen molar-refractivity contribution in [1.29, 1.82) is 0 Å². The van der Waals surface area contributed by atoms with E-state index < -0.39 is 0 Å². The lowest BCUT2D eigenvalue weighted by atomic mass is 10.2. The number of hydrogen-bond acceptors (Lipinski definition) is 2. The van der Waals surface area contributed by atoms with Crippen molar-refractivity contribution in [3.63, 3.8) is 0 Å². The van der Waals surface area contributed by atoms with Gasteiger partial charge >= 0.3 is 0 Å². The Hall–Kier alpha value is -1.58. The number of nitrogens with zero attached hydrogens (tertiary/aromatic N) is 3. The first kappa shape index (κ1) is 11.5. The van der Waals surface area contributed by atoms with E-state index >= 15 is 0 Å². The average molecular weight is 278 g/mol. The number of halogens is 2. The first-order valence-corrected chi connectivity index (χ1v) is 6.17. The minimum absolute atomic E-state index is 0.551. The molecule has 2 heterocycles. The van der Waals surface area contributed by atoms with Crippen LogP contribution in [0.5, 0.6) is 0 Å². The lowest BCUT2D eigenvalue weighted by Gasteiger charge is -1.98. The molecule has 18 heavy (non-hydrogen) atoms. The van der Waals surface area contributed by atoms with E-state index in [2.05, 4.69) is 10.1 Å². The number of benzene rings is 1. The molecule has 0 N–H and O–H groups in total. The number of fused-ring (bicyclic) bond motifs is 1. The second-order valence-corrected chi connectivity index (χ2v) is 4.91. The van der Waals surface area contributed by atoms with E-state index in [1.165, 1.54) is 0 Å². The molecule has 3 aromatic rings. The van der Waals surface area contributed by atoms with Gasteiger partial charge in [-0.1, -0.05) is 23.2 Å². The molecule has 0 saturated carbocycles. The molecule has 0 bridgehead atoms. The third-order valence-electron chi connectivity index (χ3n) is 2.67. The summed E-state index contributed by atoms with van der Waals surface area (Å²) >= 11 is 12.0. The third-order valence-corrected chi connectivity index (χ3v) is 3.21. The highest BCUT2D eigenvalue weighted by Crippen LogP contribution is 2.28. The first-order valence-electron chi connectivity index (χ1n) is 5.42. The third kappa shape index (κ3) is 1.96. The molecular weight excluding hydrogens is 269 g/mol. The highest BCUT2D eigenvalue weighted by molar-refractivity contribution is 6.36. The second kappa shape index (κ2) is 4.26. The van der Waals surface area contributed by atoms with Gasteiger partial charge in [0, 0.05) is 16.8 Å². The molecule has 0 spiro atoms. The summed E-state index contributed by atoms with van der Waals surface area (Å²) in [6.07, 6.45) is 1.88. The molecule has 1 aromatic carbocycles. The summed E-state index contributed by atoms with van der Waals surface area (Å²) in [5.41, 5.74) is 2.72. The van der Waals surface area contributed by atoms with Gasteiger partial charge in [0.1, 0.15) is 0 Å². The fourth-order valence-corrected chi connectivity index (χ4v) is 2.26. The molecule has 0 aliphatic heterocycles. The van der Waals surface area contributed by atoms with Crippen molar-refractivity contribution in [2.75, 3.05) is 0 Å². The van der Waals surface area contributed by atoms with Gasteiger partial charge in [0.25, 0.3) is 0 Å². The number of aryl methyl sites for hydroxylation is 1. The Balaban J connectivity index is 2.19. The van der Waals surface area contributed by atoms with Crippen molar-refractivity contribution in [2.45, 2.75) is 6.92 Å². The van der Waals surface area contributed by atoms with Crippen LogP contribution in [0.3, 0.4) is 0 Å². The molecule has 5 heteroatoms. The molecule has 0 fully saturated rings. The number of hydrogen-bond donors (Lipinski definition) is 0. The minimum Gasteiger partial charge on any atom is -0.221 e. The van der Waals surface area contributed by atoms with Crippen LogP contribution in [-0.4, -0.2) is 14.6 Å². The van der Waals surface area contributed by atoms with Crippen LogP contribution in [0.25, 0.3) is 17.0 Å². The van der Waals surface area contributed by atoms with E-state index in [4.69, 9.17) is 23.2 Å². The average Bonchev–Trinajstić information content (AvgIpc) is 2.71. The van der Waals surface area contributed by atoms with Crippen LogP contribution in [0, 0.1) is 6.92 Å². The maximum atomic E-state index is 6.15. The Morgan fingerprint density at radius 2 is 1.94 bits per heavy atom. The van der Waals surface area contributed by atoms with Crippen molar-refractivity contribution in [3.05, 3.63) is 52.1 Å². The molecule has 0 saturated heterocycles. The standard InChI is InChI=1S/C13H9Cl2N3/c1-8-4-5-18-12(6-8)16-13(17-18)10-3-2-9(14)7-11(10)15/h2-7H,1H3. The number of pyridine rings is 1. The van der Waals surface area contributed by atoms with E-state index in [1.54, 1.807) is 16.6 Å². The zero-order chi connectivity index (χ0) is 12.7. The maximum absolute atomic E-state index is 6.15. The molecule has 3 nitrogen and oxygen atoms in total. The molecule has 0 unspecified atom stereocenters. The molecule has 0 radical (unpaired) electrons. The summed E-state index contributed by atoms with van der Waals surface area (Å²) in [4.78, 5) is 4.46. The monoisotopic (exact) mass is 277 g/mol. The van der Waals surface area contributed by atoms with E-state index in [1.807, 2.05) is 31.3 Å². The van der Waals surface area contributed by atoms with Crippen LogP contribution in [0.2, 0.25) is 10.0 Å². The smallest absolute Gasteiger partial charge is 0.183 e. The summed E-state index contributed by atoms with van der Waals surface area (Å²) in [6.45, 7) is 2.02. The van der Waals surface area contributed by atoms with Gasteiger partial charge in [0.05, 0.1) is 5.02 Å². The molecule has 0 atom stereocenters. The molecule has 0 amide bonds. The van der Waals surface area contributed by atoms with E-state index in [-0.39, 0.29) is 0 Å². The van der Waals surface area contributed by atoms with Crippen molar-refractivity contribution in [3.8, 4) is 11.4 Å². The predicted molar refractivity (Wildman–Crippen MR) is 73.2 cm³/mol. The molecule has 3 rings (SSSR count). The first-order chi connectivity index (χ1) is 8.63. The quantitative estimate of drug-likeness (QED) is 0.673. The molecule has 2 aromatic heterocycles. The summed E-state index contributed by atoms with van der Waals surface area (Å²) < 4.78 is 1.73. The fraction of sp³-hybridized carbons (Fsp3) is 0.0769. The topological polar surface area (TPSA) is 30.2 Å². The van der Waals surface area contributed by atoms with Gasteiger partial charge in [0.15, 0.2) is 11.5 Å². The van der Waals surface area contributed by atoms with Gasteiger partial charge in [-0.2, -0.15) is 0 Å². The van der Waals surface area contributed by atoms with E-state index in [9.17, 15) is 0 Å². The van der Waals surface area contributed by atoms with Gasteiger partial charge in [-0.25, -0.2) is 9.50 Å². The number of rotatable bonds is 1. The van der Waals surface area contributed by atoms with Crippen molar-refractivity contribution >= 4 is 28.8 Å². The van der Waals surface area contributed by atoms with Crippen molar-refractivity contribution in [1.82, 2.24) is 14.6 Å². The van der Waals surface area contributed by atoms with Gasteiger partial charge in [-0.15, -0.1) is 5.10 Å². The predicted octanol–water partition coefficient (Wildman–Crippen LogP) is 4.01. The number of aromatic nitrogens is 3. The summed E-state index contributed by atoms with van der Waals surface area (Å²) in [5.74, 6) is 0.599. The molecule has 0 aliphatic carbocycles. The normalized spacial score (nSPS) is 11.1. The summed E-state index contributed by atoms with van der Waals surface area (Å²) in [6, 6.07) is 9.25. The van der Waals surface area contributed by atoms with Crippen LogP contribution in [-0.2, 0) is 0 Å². The van der Waals surface area contributed by atoms with E-state index in [0.717, 1.165) is 16.8 Å². The van der Waals surface area contributed by atoms with Crippen LogP contribution < -0.4 is 0 Å².